The van der Waals surface area contributed by atoms with Gasteiger partial charge in [-0.2, -0.15) is 9.97 Å². The van der Waals surface area contributed by atoms with Gasteiger partial charge >= 0.3 is 6.01 Å². The number of nitrogens with zero attached hydrogens (tertiary/aromatic N) is 5. The van der Waals surface area contributed by atoms with Crippen LogP contribution < -0.4 is 14.4 Å². The Morgan fingerprint density at radius 3 is 2.71 bits per heavy atom. The van der Waals surface area contributed by atoms with Gasteiger partial charge in [0.1, 0.15) is 34.0 Å². The van der Waals surface area contributed by atoms with E-state index in [0.29, 0.717) is 11.9 Å². The summed E-state index contributed by atoms with van der Waals surface area (Å²) in [5.41, 5.74) is -1.69. The molecule has 270 valence electrons. The minimum absolute atomic E-state index is 0.0114. The van der Waals surface area contributed by atoms with E-state index in [-0.39, 0.29) is 100 Å². The highest BCUT2D eigenvalue weighted by Gasteiger charge is 2.52. The molecule has 2 saturated heterocycles. The van der Waals surface area contributed by atoms with Crippen molar-refractivity contribution in [2.45, 2.75) is 57.3 Å². The number of halogens is 2. The molecule has 0 amide bonds. The Balaban J connectivity index is 1.41. The lowest BCUT2D eigenvalue weighted by atomic mass is 9.68. The third kappa shape index (κ3) is 6.28. The first-order chi connectivity index (χ1) is 24.3. The van der Waals surface area contributed by atoms with Gasteiger partial charge < -0.3 is 39.3 Å². The summed E-state index contributed by atoms with van der Waals surface area (Å²) in [5.74, 6) is 0.802. The molecule has 0 radical (unpaired) electrons. The first-order valence-electron chi connectivity index (χ1n) is 17.3. The summed E-state index contributed by atoms with van der Waals surface area (Å²) in [4.78, 5) is 18.0. The summed E-state index contributed by atoms with van der Waals surface area (Å²) >= 11 is 0. The smallest absolute Gasteiger partial charge is 0.319 e. The molecule has 4 aromatic rings. The largest absolute Gasteiger partial charge is 0.508 e. The molecule has 4 unspecified atom stereocenters. The van der Waals surface area contributed by atoms with Gasteiger partial charge in [0.15, 0.2) is 5.82 Å². The Bertz CT molecular complexity index is 2030. The standard InChI is InChI=1S/C38H43F2N5O6/c1-6-25-27(39)10-9-21-14-23(46)15-26(29(21)25)32-31(40)33-30(35(41-32)49-5)34(45-12-13-50-19-24(47)18-45)43-36(42-33)51-20-38-11-7-8-28(38)44(4)17-22(16-38)37(2,3)48/h1,9-10,14-15,22,24,28,46-48H,7-8,11-13,16-20H2,2-5H3. The Kier molecular flexibility index (Phi) is 9.16. The van der Waals surface area contributed by atoms with Crippen LogP contribution in [0.3, 0.4) is 0 Å². The molecule has 11 nitrogen and oxygen atoms in total. The van der Waals surface area contributed by atoms with Crippen LogP contribution in [0.4, 0.5) is 14.6 Å². The van der Waals surface area contributed by atoms with Crippen molar-refractivity contribution in [2.24, 2.45) is 11.3 Å². The van der Waals surface area contributed by atoms with Crippen molar-refractivity contribution in [3.8, 4) is 41.2 Å². The number of phenolic OH excluding ortho intramolecular Hbond substituents is 1. The monoisotopic (exact) mass is 703 g/mol. The number of aliphatic hydroxyl groups excluding tert-OH is 1. The predicted molar refractivity (Wildman–Crippen MR) is 188 cm³/mol. The predicted octanol–water partition coefficient (Wildman–Crippen LogP) is 4.66. The lowest BCUT2D eigenvalue weighted by Crippen LogP contribution is -2.57. The number of fused-ring (bicyclic) bond motifs is 3. The number of piperidine rings is 1. The fourth-order valence-electron chi connectivity index (χ4n) is 8.45. The molecule has 4 atom stereocenters. The molecule has 1 aliphatic carbocycles. The minimum Gasteiger partial charge on any atom is -0.508 e. The Morgan fingerprint density at radius 1 is 1.16 bits per heavy atom. The topological polar surface area (TPSA) is 134 Å². The lowest BCUT2D eigenvalue weighted by Gasteiger charge is -2.50. The molecule has 3 aliphatic rings. The highest BCUT2D eigenvalue weighted by Crippen LogP contribution is 2.51. The number of benzene rings is 2. The number of aromatic hydroxyl groups is 1. The van der Waals surface area contributed by atoms with Crippen molar-refractivity contribution < 1.29 is 38.3 Å². The molecular formula is C38H43F2N5O6. The van der Waals surface area contributed by atoms with E-state index in [1.807, 2.05) is 13.8 Å². The van der Waals surface area contributed by atoms with Gasteiger partial charge in [-0.1, -0.05) is 18.4 Å². The SMILES string of the molecule is C#Cc1c(F)ccc2cc(O)cc(-c3nc(OC)c4c(N5CCOCC(O)C5)nc(OCC56CCCC5N(C)CC(C(C)(C)O)C6)nc4c3F)c12. The second-order valence-corrected chi connectivity index (χ2v) is 14.7. The van der Waals surface area contributed by atoms with Crippen molar-refractivity contribution in [2.75, 3.05) is 58.5 Å². The van der Waals surface area contributed by atoms with Gasteiger partial charge in [-0.25, -0.2) is 13.8 Å². The van der Waals surface area contributed by atoms with E-state index in [0.717, 1.165) is 32.2 Å². The van der Waals surface area contributed by atoms with E-state index >= 15 is 8.78 Å². The van der Waals surface area contributed by atoms with E-state index < -0.39 is 23.3 Å². The van der Waals surface area contributed by atoms with E-state index in [9.17, 15) is 15.3 Å². The number of phenols is 1. The molecule has 2 aliphatic heterocycles. The second kappa shape index (κ2) is 13.3. The zero-order valence-electron chi connectivity index (χ0n) is 29.2. The number of rotatable bonds is 7. The van der Waals surface area contributed by atoms with Gasteiger partial charge in [-0.3, -0.25) is 0 Å². The number of aliphatic hydroxyl groups is 2. The average Bonchev–Trinajstić information content (AvgIpc) is 3.41. The maximum absolute atomic E-state index is 17.2. The molecule has 51 heavy (non-hydrogen) atoms. The fourth-order valence-corrected chi connectivity index (χ4v) is 8.45. The van der Waals surface area contributed by atoms with Gasteiger partial charge in [-0.05, 0) is 63.7 Å². The van der Waals surface area contributed by atoms with E-state index in [2.05, 4.69) is 27.8 Å². The summed E-state index contributed by atoms with van der Waals surface area (Å²) in [6.45, 7) is 5.53. The number of likely N-dealkylation sites (tertiary alicyclic amines) is 1. The number of β-amino-alcohol motifs (C(OH)–C–C–N with tert-alkyl or cyclic N) is 1. The Hall–Kier alpha value is -4.35. The van der Waals surface area contributed by atoms with Gasteiger partial charge in [0.05, 0.1) is 44.2 Å². The third-order valence-corrected chi connectivity index (χ3v) is 10.9. The van der Waals surface area contributed by atoms with Crippen LogP contribution in [0, 0.1) is 35.3 Å². The van der Waals surface area contributed by atoms with Crippen LogP contribution >= 0.6 is 0 Å². The van der Waals surface area contributed by atoms with Gasteiger partial charge in [-0.15, -0.1) is 6.42 Å². The molecule has 1 saturated carbocycles. The number of hydrogen-bond acceptors (Lipinski definition) is 11. The van der Waals surface area contributed by atoms with Crippen LogP contribution in [-0.2, 0) is 4.74 Å². The number of ether oxygens (including phenoxy) is 3. The van der Waals surface area contributed by atoms with Gasteiger partial charge in [0, 0.05) is 48.0 Å². The third-order valence-electron chi connectivity index (χ3n) is 10.9. The highest BCUT2D eigenvalue weighted by molar-refractivity contribution is 6.04. The van der Waals surface area contributed by atoms with E-state index in [1.165, 1.54) is 31.4 Å². The summed E-state index contributed by atoms with van der Waals surface area (Å²) in [6.07, 6.45) is 8.50. The zero-order chi connectivity index (χ0) is 36.2. The number of pyridine rings is 1. The maximum atomic E-state index is 17.2. The molecule has 0 bridgehead atoms. The summed E-state index contributed by atoms with van der Waals surface area (Å²) in [5, 5.41) is 33.1. The second-order valence-electron chi connectivity index (χ2n) is 14.7. The molecule has 2 aromatic carbocycles. The summed E-state index contributed by atoms with van der Waals surface area (Å²) < 4.78 is 50.0. The number of terminal acetylenes is 1. The quantitative estimate of drug-likeness (QED) is 0.232. The average molecular weight is 704 g/mol. The van der Waals surface area contributed by atoms with Crippen molar-refractivity contribution >= 4 is 27.5 Å². The molecule has 4 heterocycles. The minimum atomic E-state index is -0.890. The van der Waals surface area contributed by atoms with Crippen LogP contribution in [0.15, 0.2) is 24.3 Å². The number of methoxy groups -OCH3 is 1. The number of hydrogen-bond donors (Lipinski definition) is 3. The fraction of sp³-hybridized carbons (Fsp3) is 0.500. The molecule has 13 heteroatoms. The van der Waals surface area contributed by atoms with Crippen molar-refractivity contribution in [3.05, 3.63) is 41.5 Å². The highest BCUT2D eigenvalue weighted by atomic mass is 19.1. The first-order valence-corrected chi connectivity index (χ1v) is 17.3. The zero-order valence-corrected chi connectivity index (χ0v) is 29.2. The Morgan fingerprint density at radius 2 is 1.96 bits per heavy atom. The molecule has 3 N–H and O–H groups in total. The lowest BCUT2D eigenvalue weighted by molar-refractivity contribution is -0.0838. The van der Waals surface area contributed by atoms with Crippen molar-refractivity contribution in [3.63, 3.8) is 0 Å². The van der Waals surface area contributed by atoms with Crippen LogP contribution in [0.2, 0.25) is 0 Å². The summed E-state index contributed by atoms with van der Waals surface area (Å²) in [7, 11) is 3.46. The van der Waals surface area contributed by atoms with Crippen LogP contribution in [0.1, 0.15) is 45.1 Å². The van der Waals surface area contributed by atoms with E-state index in [4.69, 9.17) is 25.6 Å². The van der Waals surface area contributed by atoms with E-state index in [1.54, 1.807) is 4.90 Å². The van der Waals surface area contributed by atoms with Crippen LogP contribution in [-0.4, -0.2) is 107 Å². The van der Waals surface area contributed by atoms with Crippen LogP contribution in [0.5, 0.6) is 17.6 Å². The van der Waals surface area contributed by atoms with Crippen molar-refractivity contribution in [1.82, 2.24) is 19.9 Å². The molecular weight excluding hydrogens is 660 g/mol. The molecule has 0 spiro atoms. The van der Waals surface area contributed by atoms with Crippen molar-refractivity contribution in [1.29, 1.82) is 0 Å². The molecule has 3 fully saturated rings. The van der Waals surface area contributed by atoms with Gasteiger partial charge in [0.2, 0.25) is 5.88 Å². The normalized spacial score (nSPS) is 24.4. The number of aromatic nitrogens is 3. The maximum Gasteiger partial charge on any atom is 0.319 e. The van der Waals surface area contributed by atoms with Crippen LogP contribution in [0.25, 0.3) is 32.9 Å². The first kappa shape index (κ1) is 35.1. The summed E-state index contributed by atoms with van der Waals surface area (Å²) in [6, 6.07) is 5.47. The Labute approximate surface area is 295 Å². The molecule has 7 rings (SSSR count). The van der Waals surface area contributed by atoms with Gasteiger partial charge in [0.25, 0.3) is 0 Å². The number of anilines is 1. The molecule has 2 aromatic heterocycles.